The van der Waals surface area contributed by atoms with Crippen molar-refractivity contribution in [2.24, 2.45) is 0 Å². The second kappa shape index (κ2) is 13.6. The molecule has 3 atom stereocenters. The van der Waals surface area contributed by atoms with Gasteiger partial charge in [0.1, 0.15) is 29.7 Å². The predicted molar refractivity (Wildman–Crippen MR) is 157 cm³/mol. The fraction of sp³-hybridized carbons (Fsp3) is 0.548. The Bertz CT molecular complexity index is 1360. The molecule has 1 aliphatic heterocycles. The smallest absolute Gasteiger partial charge is 0.408 e. The average molecular weight is 604 g/mol. The van der Waals surface area contributed by atoms with Gasteiger partial charge in [0.2, 0.25) is 5.91 Å². The van der Waals surface area contributed by atoms with E-state index >= 15 is 0 Å². The fourth-order valence-electron chi connectivity index (χ4n) is 5.00. The summed E-state index contributed by atoms with van der Waals surface area (Å²) in [6.07, 6.45) is 1.98. The molecule has 1 aromatic carbocycles. The van der Waals surface area contributed by atoms with Crippen molar-refractivity contribution >= 4 is 34.8 Å². The highest BCUT2D eigenvalue weighted by Gasteiger charge is 2.46. The molecule has 0 bridgehead atoms. The van der Waals surface area contributed by atoms with Crippen LogP contribution in [0.3, 0.4) is 0 Å². The van der Waals surface area contributed by atoms with Crippen molar-refractivity contribution in [1.29, 1.82) is 0 Å². The SMILES string of the molecule is C=CCn1cc(C[C@H](NC(=O)OC(C)(C)C)C(=O)N2CC[C@H](OCC(=O)OC(C)(C)C)[C@H]2C(=O)OC)c2cc(F)ccc21. The van der Waals surface area contributed by atoms with Crippen molar-refractivity contribution in [3.8, 4) is 0 Å². The minimum atomic E-state index is -1.20. The number of nitrogens with one attached hydrogen (secondary N) is 1. The minimum absolute atomic E-state index is 0.0317. The molecule has 2 amide bonds. The van der Waals surface area contributed by atoms with Crippen LogP contribution >= 0.6 is 0 Å². The van der Waals surface area contributed by atoms with Crippen molar-refractivity contribution in [1.82, 2.24) is 14.8 Å². The summed E-state index contributed by atoms with van der Waals surface area (Å²) in [4.78, 5) is 53.4. The molecule has 1 saturated heterocycles. The monoisotopic (exact) mass is 603 g/mol. The zero-order chi connectivity index (χ0) is 32.1. The van der Waals surface area contributed by atoms with Gasteiger partial charge in [-0.15, -0.1) is 6.58 Å². The van der Waals surface area contributed by atoms with E-state index in [2.05, 4.69) is 11.9 Å². The predicted octanol–water partition coefficient (Wildman–Crippen LogP) is 3.90. The van der Waals surface area contributed by atoms with Crippen LogP contribution < -0.4 is 5.32 Å². The van der Waals surface area contributed by atoms with Crippen LogP contribution in [-0.4, -0.2) is 83.1 Å². The number of aromatic nitrogens is 1. The molecule has 43 heavy (non-hydrogen) atoms. The molecule has 3 rings (SSSR count). The topological polar surface area (TPSA) is 125 Å². The molecular formula is C31H42FN3O8. The number of carbonyl (C=O) groups excluding carboxylic acids is 4. The summed E-state index contributed by atoms with van der Waals surface area (Å²) in [5.41, 5.74) is -0.247. The highest BCUT2D eigenvalue weighted by molar-refractivity contribution is 5.92. The van der Waals surface area contributed by atoms with E-state index in [0.29, 0.717) is 17.5 Å². The Hall–Kier alpha value is -3.93. The molecule has 236 valence electrons. The van der Waals surface area contributed by atoms with E-state index in [0.717, 1.165) is 5.52 Å². The molecule has 2 heterocycles. The molecule has 0 spiro atoms. The Morgan fingerprint density at radius 3 is 2.40 bits per heavy atom. The van der Waals surface area contributed by atoms with Crippen molar-refractivity contribution in [2.75, 3.05) is 20.3 Å². The number of esters is 2. The second-order valence-electron chi connectivity index (χ2n) is 12.4. The van der Waals surface area contributed by atoms with Crippen LogP contribution in [-0.2, 0) is 46.3 Å². The number of carbonyl (C=O) groups is 4. The molecule has 1 N–H and O–H groups in total. The van der Waals surface area contributed by atoms with Crippen LogP contribution in [0.2, 0.25) is 0 Å². The largest absolute Gasteiger partial charge is 0.467 e. The van der Waals surface area contributed by atoms with Gasteiger partial charge < -0.3 is 33.7 Å². The highest BCUT2D eigenvalue weighted by atomic mass is 19.1. The molecule has 0 aliphatic carbocycles. The third-order valence-electron chi connectivity index (χ3n) is 6.57. The van der Waals surface area contributed by atoms with Gasteiger partial charge in [-0.1, -0.05) is 6.08 Å². The lowest BCUT2D eigenvalue weighted by Crippen LogP contribution is -2.55. The van der Waals surface area contributed by atoms with Gasteiger partial charge in [0.05, 0.1) is 13.2 Å². The lowest BCUT2D eigenvalue weighted by Gasteiger charge is -2.30. The van der Waals surface area contributed by atoms with Gasteiger partial charge in [0.25, 0.3) is 0 Å². The summed E-state index contributed by atoms with van der Waals surface area (Å²) < 4.78 is 37.6. The van der Waals surface area contributed by atoms with Crippen LogP contribution in [0.25, 0.3) is 10.9 Å². The third-order valence-corrected chi connectivity index (χ3v) is 6.57. The van der Waals surface area contributed by atoms with Crippen LogP contribution in [0.5, 0.6) is 0 Å². The Morgan fingerprint density at radius 2 is 1.79 bits per heavy atom. The first-order valence-corrected chi connectivity index (χ1v) is 14.1. The van der Waals surface area contributed by atoms with E-state index in [9.17, 15) is 23.6 Å². The quantitative estimate of drug-likeness (QED) is 0.246. The van der Waals surface area contributed by atoms with Gasteiger partial charge in [0, 0.05) is 36.6 Å². The number of benzene rings is 1. The Labute approximate surface area is 251 Å². The summed E-state index contributed by atoms with van der Waals surface area (Å²) in [6, 6.07) is 1.97. The van der Waals surface area contributed by atoms with E-state index in [1.54, 1.807) is 59.9 Å². The third kappa shape index (κ3) is 9.03. The Balaban J connectivity index is 1.93. The number of allylic oxidation sites excluding steroid dienone is 1. The lowest BCUT2D eigenvalue weighted by atomic mass is 10.0. The van der Waals surface area contributed by atoms with Crippen LogP contribution in [0.15, 0.2) is 37.1 Å². The summed E-state index contributed by atoms with van der Waals surface area (Å²) in [6.45, 7) is 14.1. The number of ether oxygens (including phenoxy) is 4. The molecule has 0 saturated carbocycles. The van der Waals surface area contributed by atoms with Gasteiger partial charge in [-0.05, 0) is 71.7 Å². The van der Waals surface area contributed by atoms with Crippen LogP contribution in [0.1, 0.15) is 53.5 Å². The number of halogens is 1. The minimum Gasteiger partial charge on any atom is -0.467 e. The molecule has 12 heteroatoms. The number of nitrogens with zero attached hydrogens (tertiary/aromatic N) is 2. The molecule has 1 fully saturated rings. The molecule has 1 aliphatic rings. The number of rotatable bonds is 10. The van der Waals surface area contributed by atoms with E-state index in [4.69, 9.17) is 18.9 Å². The fourth-order valence-corrected chi connectivity index (χ4v) is 5.00. The normalized spacial score (nSPS) is 17.8. The van der Waals surface area contributed by atoms with E-state index in [1.807, 2.05) is 4.57 Å². The maximum atomic E-state index is 14.3. The zero-order valence-corrected chi connectivity index (χ0v) is 25.9. The average Bonchev–Trinajstić information content (AvgIpc) is 3.45. The number of alkyl carbamates (subject to hydrolysis) is 1. The molecule has 2 aromatic rings. The number of hydrogen-bond donors (Lipinski definition) is 1. The zero-order valence-electron chi connectivity index (χ0n) is 25.9. The van der Waals surface area contributed by atoms with Gasteiger partial charge in [0.15, 0.2) is 6.04 Å². The number of amides is 2. The first-order chi connectivity index (χ1) is 20.0. The number of methoxy groups -OCH3 is 1. The summed E-state index contributed by atoms with van der Waals surface area (Å²) in [5.74, 6) is -2.40. The second-order valence-corrected chi connectivity index (χ2v) is 12.4. The van der Waals surface area contributed by atoms with Gasteiger partial charge in [-0.25, -0.2) is 18.8 Å². The summed E-state index contributed by atoms with van der Waals surface area (Å²) in [5, 5.41) is 3.21. The molecule has 11 nitrogen and oxygen atoms in total. The van der Waals surface area contributed by atoms with Gasteiger partial charge in [-0.3, -0.25) is 4.79 Å². The molecule has 0 radical (unpaired) electrons. The summed E-state index contributed by atoms with van der Waals surface area (Å²) in [7, 11) is 1.19. The van der Waals surface area contributed by atoms with Crippen molar-refractivity contribution < 1.29 is 42.5 Å². The van der Waals surface area contributed by atoms with Crippen LogP contribution in [0.4, 0.5) is 9.18 Å². The Kier molecular flexibility index (Phi) is 10.6. The van der Waals surface area contributed by atoms with Crippen molar-refractivity contribution in [2.45, 2.75) is 90.3 Å². The lowest BCUT2D eigenvalue weighted by molar-refractivity contribution is -0.166. The highest BCUT2D eigenvalue weighted by Crippen LogP contribution is 2.27. The van der Waals surface area contributed by atoms with Crippen LogP contribution in [0, 0.1) is 5.82 Å². The first kappa shape index (κ1) is 33.6. The summed E-state index contributed by atoms with van der Waals surface area (Å²) >= 11 is 0. The van der Waals surface area contributed by atoms with Gasteiger partial charge in [-0.2, -0.15) is 0 Å². The molecule has 1 aromatic heterocycles. The van der Waals surface area contributed by atoms with Crippen molar-refractivity contribution in [3.05, 3.63) is 48.4 Å². The standard InChI is InChI=1S/C31H42FN3O8/c1-9-13-34-17-19(21-16-20(32)10-11-23(21)34)15-22(33-29(39)43-31(5,6)7)27(37)35-14-12-24(26(35)28(38)40-8)41-18-25(36)42-30(2,3)4/h9-11,16-17,22,24,26H,1,12-15,18H2,2-8H3,(H,33,39)/t22-,24-,26-/m0/s1. The van der Waals surface area contributed by atoms with E-state index < -0.39 is 65.8 Å². The van der Waals surface area contributed by atoms with E-state index in [1.165, 1.54) is 24.1 Å². The number of hydrogen-bond acceptors (Lipinski definition) is 8. The molecule has 0 unspecified atom stereocenters. The van der Waals surface area contributed by atoms with Crippen molar-refractivity contribution in [3.63, 3.8) is 0 Å². The van der Waals surface area contributed by atoms with Gasteiger partial charge >= 0.3 is 18.0 Å². The molecular weight excluding hydrogens is 561 g/mol. The first-order valence-electron chi connectivity index (χ1n) is 14.1. The Morgan fingerprint density at radius 1 is 1.12 bits per heavy atom. The number of likely N-dealkylation sites (tertiary alicyclic amines) is 1. The van der Waals surface area contributed by atoms with E-state index in [-0.39, 0.29) is 19.4 Å². The maximum Gasteiger partial charge on any atom is 0.408 e. The maximum absolute atomic E-state index is 14.3. The number of fused-ring (bicyclic) bond motifs is 1.